The van der Waals surface area contributed by atoms with Crippen LogP contribution in [-0.2, 0) is 6.42 Å². The molecule has 1 N–H and O–H groups in total. The molecule has 0 radical (unpaired) electrons. The molecule has 5 nitrogen and oxygen atoms in total. The fourth-order valence-corrected chi connectivity index (χ4v) is 2.81. The van der Waals surface area contributed by atoms with Gasteiger partial charge in [0.2, 0.25) is 0 Å². The first-order chi connectivity index (χ1) is 13.0. The third-order valence-corrected chi connectivity index (χ3v) is 4.77. The molecule has 0 saturated carbocycles. The highest BCUT2D eigenvalue weighted by Crippen LogP contribution is 2.25. The first-order valence-corrected chi connectivity index (χ1v) is 9.05. The maximum atomic E-state index is 12.5. The number of nitrogens with zero attached hydrogens (tertiary/aromatic N) is 3. The monoisotopic (exact) mass is 380 g/mol. The van der Waals surface area contributed by atoms with E-state index in [-0.39, 0.29) is 5.91 Å². The van der Waals surface area contributed by atoms with Gasteiger partial charge in [-0.05, 0) is 60.9 Å². The van der Waals surface area contributed by atoms with Crippen molar-refractivity contribution in [2.45, 2.75) is 13.3 Å². The third-order valence-electron chi connectivity index (χ3n) is 4.36. The number of aromatic nitrogens is 2. The molecule has 3 rings (SSSR count). The molecule has 0 aliphatic carbocycles. The Morgan fingerprint density at radius 1 is 1.15 bits per heavy atom. The summed E-state index contributed by atoms with van der Waals surface area (Å²) in [5.41, 5.74) is 4.25. The Kier molecular flexibility index (Phi) is 6.04. The van der Waals surface area contributed by atoms with E-state index in [1.807, 2.05) is 43.3 Å². The number of pyridine rings is 2. The lowest BCUT2D eigenvalue weighted by Gasteiger charge is -2.17. The predicted molar refractivity (Wildman–Crippen MR) is 109 cm³/mol. The van der Waals surface area contributed by atoms with Gasteiger partial charge in [0.1, 0.15) is 5.69 Å². The second kappa shape index (κ2) is 8.64. The number of amides is 1. The lowest BCUT2D eigenvalue weighted by Crippen LogP contribution is -2.29. The highest BCUT2D eigenvalue weighted by atomic mass is 35.5. The molecule has 0 unspecified atom stereocenters. The number of carbonyl (C=O) groups is 1. The number of halogens is 1. The number of nitrogens with one attached hydrogen (secondary N) is 1. The summed E-state index contributed by atoms with van der Waals surface area (Å²) in [6.45, 7) is 2.57. The van der Waals surface area contributed by atoms with Crippen LogP contribution in [0.25, 0.3) is 0 Å². The van der Waals surface area contributed by atoms with Crippen LogP contribution in [0, 0.1) is 6.92 Å². The van der Waals surface area contributed by atoms with E-state index in [2.05, 4.69) is 15.3 Å². The fourth-order valence-electron chi connectivity index (χ4n) is 2.64. The Morgan fingerprint density at radius 2 is 1.93 bits per heavy atom. The van der Waals surface area contributed by atoms with Crippen LogP contribution in [0.4, 0.5) is 11.4 Å². The molecule has 6 heteroatoms. The summed E-state index contributed by atoms with van der Waals surface area (Å²) in [6, 6.07) is 13.2. The maximum absolute atomic E-state index is 12.5. The van der Waals surface area contributed by atoms with Gasteiger partial charge in [-0.1, -0.05) is 17.7 Å². The van der Waals surface area contributed by atoms with Crippen LogP contribution in [0.15, 0.2) is 61.1 Å². The minimum Gasteiger partial charge on any atom is -0.354 e. The van der Waals surface area contributed by atoms with Gasteiger partial charge in [-0.15, -0.1) is 0 Å². The summed E-state index contributed by atoms with van der Waals surface area (Å²) in [4.78, 5) is 22.5. The Labute approximate surface area is 164 Å². The van der Waals surface area contributed by atoms with Crippen LogP contribution in [0.5, 0.6) is 0 Å². The molecule has 0 aliphatic rings. The molecule has 1 aromatic carbocycles. The minimum absolute atomic E-state index is 0.102. The zero-order valence-corrected chi connectivity index (χ0v) is 16.1. The summed E-state index contributed by atoms with van der Waals surface area (Å²) in [6.07, 6.45) is 5.95. The minimum atomic E-state index is -0.102. The van der Waals surface area contributed by atoms with Crippen molar-refractivity contribution in [3.8, 4) is 0 Å². The Morgan fingerprint density at radius 3 is 2.63 bits per heavy atom. The van der Waals surface area contributed by atoms with Crippen molar-refractivity contribution in [3.05, 3.63) is 82.9 Å². The van der Waals surface area contributed by atoms with Crippen LogP contribution >= 0.6 is 11.6 Å². The maximum Gasteiger partial charge on any atom is 0.272 e. The van der Waals surface area contributed by atoms with Gasteiger partial charge in [0, 0.05) is 36.7 Å². The van der Waals surface area contributed by atoms with E-state index in [0.717, 1.165) is 28.9 Å². The lowest BCUT2D eigenvalue weighted by molar-refractivity contribution is 0.0791. The van der Waals surface area contributed by atoms with Crippen molar-refractivity contribution in [3.63, 3.8) is 0 Å². The molecule has 2 aromatic heterocycles. The van der Waals surface area contributed by atoms with E-state index in [4.69, 9.17) is 11.6 Å². The topological polar surface area (TPSA) is 58.1 Å². The van der Waals surface area contributed by atoms with E-state index in [1.54, 1.807) is 36.6 Å². The first-order valence-electron chi connectivity index (χ1n) is 8.67. The highest BCUT2D eigenvalue weighted by molar-refractivity contribution is 6.31. The number of hydrogen-bond donors (Lipinski definition) is 1. The van der Waals surface area contributed by atoms with Crippen molar-refractivity contribution in [1.82, 2.24) is 14.9 Å². The molecule has 27 heavy (non-hydrogen) atoms. The number of anilines is 2. The molecular weight excluding hydrogens is 360 g/mol. The van der Waals surface area contributed by atoms with E-state index in [9.17, 15) is 4.79 Å². The summed E-state index contributed by atoms with van der Waals surface area (Å²) in [7, 11) is 1.78. The molecule has 0 aliphatic heterocycles. The highest BCUT2D eigenvalue weighted by Gasteiger charge is 2.13. The van der Waals surface area contributed by atoms with Crippen LogP contribution in [0.1, 0.15) is 21.6 Å². The van der Waals surface area contributed by atoms with E-state index >= 15 is 0 Å². The average molecular weight is 381 g/mol. The normalized spacial score (nSPS) is 10.5. The van der Waals surface area contributed by atoms with Crippen molar-refractivity contribution in [1.29, 1.82) is 0 Å². The largest absolute Gasteiger partial charge is 0.354 e. The average Bonchev–Trinajstić information content (AvgIpc) is 2.70. The van der Waals surface area contributed by atoms with Gasteiger partial charge in [-0.2, -0.15) is 0 Å². The molecule has 0 bridgehead atoms. The van der Waals surface area contributed by atoms with Gasteiger partial charge >= 0.3 is 0 Å². The quantitative estimate of drug-likeness (QED) is 0.684. The zero-order valence-electron chi connectivity index (χ0n) is 15.3. The summed E-state index contributed by atoms with van der Waals surface area (Å²) in [5.74, 6) is -0.102. The Bertz CT molecular complexity index is 913. The van der Waals surface area contributed by atoms with E-state index in [0.29, 0.717) is 17.3 Å². The third kappa shape index (κ3) is 4.83. The molecule has 138 valence electrons. The van der Waals surface area contributed by atoms with E-state index in [1.165, 1.54) is 0 Å². The molecule has 0 spiro atoms. The van der Waals surface area contributed by atoms with Crippen LogP contribution in [0.3, 0.4) is 0 Å². The smallest absolute Gasteiger partial charge is 0.272 e. The van der Waals surface area contributed by atoms with Gasteiger partial charge in [0.25, 0.3) is 5.91 Å². The lowest BCUT2D eigenvalue weighted by atomic mass is 10.2. The second-order valence-corrected chi connectivity index (χ2v) is 6.71. The van der Waals surface area contributed by atoms with Gasteiger partial charge in [0.15, 0.2) is 0 Å². The van der Waals surface area contributed by atoms with Crippen LogP contribution in [-0.4, -0.2) is 34.4 Å². The molecular formula is C21H21ClN4O. The van der Waals surface area contributed by atoms with Crippen molar-refractivity contribution >= 4 is 28.9 Å². The summed E-state index contributed by atoms with van der Waals surface area (Å²) < 4.78 is 0. The number of carbonyl (C=O) groups excluding carboxylic acids is 1. The van der Waals surface area contributed by atoms with Crippen molar-refractivity contribution in [2.24, 2.45) is 0 Å². The number of rotatable bonds is 6. The van der Waals surface area contributed by atoms with Gasteiger partial charge < -0.3 is 10.2 Å². The Hall–Kier alpha value is -2.92. The molecule has 3 aromatic rings. The number of benzene rings is 1. The summed E-state index contributed by atoms with van der Waals surface area (Å²) >= 11 is 6.15. The molecule has 0 atom stereocenters. The van der Waals surface area contributed by atoms with E-state index < -0.39 is 0 Å². The molecule has 0 fully saturated rings. The van der Waals surface area contributed by atoms with Crippen molar-refractivity contribution < 1.29 is 4.79 Å². The van der Waals surface area contributed by atoms with Crippen LogP contribution < -0.4 is 5.32 Å². The van der Waals surface area contributed by atoms with Crippen LogP contribution in [0.2, 0.25) is 5.02 Å². The number of hydrogen-bond acceptors (Lipinski definition) is 4. The predicted octanol–water partition coefficient (Wildman–Crippen LogP) is 4.50. The van der Waals surface area contributed by atoms with Gasteiger partial charge in [-0.3, -0.25) is 9.78 Å². The fraction of sp³-hybridized carbons (Fsp3) is 0.190. The SMILES string of the molecule is Cc1c(Cl)cccc1Nc1ccc(C(=O)N(C)CCc2ccncc2)nc1. The summed E-state index contributed by atoms with van der Waals surface area (Å²) in [5, 5.41) is 3.98. The van der Waals surface area contributed by atoms with Crippen molar-refractivity contribution in [2.75, 3.05) is 18.9 Å². The van der Waals surface area contributed by atoms with Gasteiger partial charge in [-0.25, -0.2) is 4.98 Å². The standard InChI is InChI=1S/C21H21ClN4O/c1-15-18(22)4-3-5-19(15)25-17-6-7-20(24-14-17)21(27)26(2)13-10-16-8-11-23-12-9-16/h3-9,11-12,14,25H,10,13H2,1-2H3. The van der Waals surface area contributed by atoms with Gasteiger partial charge in [0.05, 0.1) is 11.9 Å². The first kappa shape index (κ1) is 18.9. The second-order valence-electron chi connectivity index (χ2n) is 6.30. The molecule has 1 amide bonds. The molecule has 2 heterocycles. The number of likely N-dealkylation sites (N-methyl/N-ethyl adjacent to an activating group) is 1. The molecule has 0 saturated heterocycles. The zero-order chi connectivity index (χ0) is 19.2. The Balaban J connectivity index is 1.62.